The van der Waals surface area contributed by atoms with Gasteiger partial charge in [0.25, 0.3) is 0 Å². The molecule has 0 aromatic carbocycles. The number of nitrogens with one attached hydrogen (secondary N) is 2. The van der Waals surface area contributed by atoms with Gasteiger partial charge in [0.1, 0.15) is 5.60 Å². The van der Waals surface area contributed by atoms with Crippen LogP contribution < -0.4 is 5.32 Å². The fourth-order valence-electron chi connectivity index (χ4n) is 2.12. The topological polar surface area (TPSA) is 67.0 Å². The molecule has 1 amide bonds. The number of hydrogen-bond donors (Lipinski definition) is 2. The van der Waals surface area contributed by atoms with Gasteiger partial charge in [0.2, 0.25) is 0 Å². The fourth-order valence-corrected chi connectivity index (χ4v) is 2.12. The molecule has 104 valence electrons. The number of rotatable bonds is 2. The highest BCUT2D eigenvalue weighted by Crippen LogP contribution is 2.25. The van der Waals surface area contributed by atoms with Crippen LogP contribution in [-0.4, -0.2) is 27.9 Å². The van der Waals surface area contributed by atoms with E-state index < -0.39 is 5.60 Å². The van der Waals surface area contributed by atoms with E-state index in [1.807, 2.05) is 26.8 Å². The summed E-state index contributed by atoms with van der Waals surface area (Å²) in [5, 5.41) is 9.82. The molecule has 0 aliphatic heterocycles. The van der Waals surface area contributed by atoms with E-state index in [0.29, 0.717) is 0 Å². The van der Waals surface area contributed by atoms with Crippen molar-refractivity contribution in [3.8, 4) is 0 Å². The minimum absolute atomic E-state index is 0.154. The number of nitrogens with zero attached hydrogens (tertiary/aromatic N) is 1. The number of amides is 1. The number of carbonyl (C=O) groups excluding carboxylic acids is 1. The molecule has 2 rings (SSSR count). The highest BCUT2D eigenvalue weighted by Gasteiger charge is 2.21. The lowest BCUT2D eigenvalue weighted by atomic mass is 9.93. The Kier molecular flexibility index (Phi) is 3.93. The van der Waals surface area contributed by atoms with E-state index in [4.69, 9.17) is 4.74 Å². The van der Waals surface area contributed by atoms with Crippen LogP contribution in [0.5, 0.6) is 0 Å². The SMILES string of the molecule is CC(C)(C)OC(=O)NC1CC=C(c2ccn[nH]2)CC1. The van der Waals surface area contributed by atoms with Crippen LogP contribution >= 0.6 is 0 Å². The molecule has 1 atom stereocenters. The number of aromatic amines is 1. The molecule has 1 aliphatic rings. The molecule has 1 aromatic rings. The minimum atomic E-state index is -0.449. The third kappa shape index (κ3) is 4.12. The van der Waals surface area contributed by atoms with Crippen LogP contribution in [0.1, 0.15) is 45.7 Å². The predicted molar refractivity (Wildman–Crippen MR) is 73.6 cm³/mol. The van der Waals surface area contributed by atoms with Crippen molar-refractivity contribution in [2.24, 2.45) is 0 Å². The van der Waals surface area contributed by atoms with Crippen LogP contribution in [0.2, 0.25) is 0 Å². The molecular weight excluding hydrogens is 242 g/mol. The average Bonchev–Trinajstić information content (AvgIpc) is 2.80. The van der Waals surface area contributed by atoms with Gasteiger partial charge in [-0.25, -0.2) is 4.79 Å². The fraction of sp³-hybridized carbons (Fsp3) is 0.571. The second kappa shape index (κ2) is 5.47. The first-order chi connectivity index (χ1) is 8.94. The molecule has 0 bridgehead atoms. The van der Waals surface area contributed by atoms with Gasteiger partial charge < -0.3 is 10.1 Å². The molecule has 1 heterocycles. The maximum absolute atomic E-state index is 11.7. The van der Waals surface area contributed by atoms with Crippen molar-refractivity contribution < 1.29 is 9.53 Å². The summed E-state index contributed by atoms with van der Waals surface area (Å²) in [6.07, 6.45) is 6.25. The van der Waals surface area contributed by atoms with Crippen molar-refractivity contribution in [3.63, 3.8) is 0 Å². The predicted octanol–water partition coefficient (Wildman–Crippen LogP) is 2.87. The molecule has 5 heteroatoms. The Morgan fingerprint density at radius 3 is 2.84 bits per heavy atom. The quantitative estimate of drug-likeness (QED) is 0.862. The monoisotopic (exact) mass is 263 g/mol. The number of hydrogen-bond acceptors (Lipinski definition) is 3. The summed E-state index contributed by atoms with van der Waals surface area (Å²) in [7, 11) is 0. The zero-order chi connectivity index (χ0) is 13.9. The molecule has 0 spiro atoms. The summed E-state index contributed by atoms with van der Waals surface area (Å²) < 4.78 is 5.25. The van der Waals surface area contributed by atoms with Crippen LogP contribution in [0.4, 0.5) is 4.79 Å². The summed E-state index contributed by atoms with van der Waals surface area (Å²) in [5.74, 6) is 0. The van der Waals surface area contributed by atoms with Crippen LogP contribution in [-0.2, 0) is 4.74 Å². The molecule has 0 fully saturated rings. The lowest BCUT2D eigenvalue weighted by Crippen LogP contribution is -2.39. The van der Waals surface area contributed by atoms with Crippen molar-refractivity contribution in [3.05, 3.63) is 24.0 Å². The van der Waals surface area contributed by atoms with Crippen LogP contribution in [0.25, 0.3) is 5.57 Å². The molecular formula is C14H21N3O2. The van der Waals surface area contributed by atoms with Gasteiger partial charge in [-0.15, -0.1) is 0 Å². The molecule has 19 heavy (non-hydrogen) atoms. The summed E-state index contributed by atoms with van der Waals surface area (Å²) in [5.41, 5.74) is 1.88. The highest BCUT2D eigenvalue weighted by molar-refractivity contribution is 5.69. The molecule has 1 aromatic heterocycles. The third-order valence-electron chi connectivity index (χ3n) is 2.98. The normalized spacial score (nSPS) is 19.7. The lowest BCUT2D eigenvalue weighted by molar-refractivity contribution is 0.0502. The Labute approximate surface area is 113 Å². The zero-order valence-corrected chi connectivity index (χ0v) is 11.7. The van der Waals surface area contributed by atoms with Crippen molar-refractivity contribution in [2.45, 2.75) is 51.7 Å². The zero-order valence-electron chi connectivity index (χ0n) is 11.7. The molecule has 0 saturated carbocycles. The third-order valence-corrected chi connectivity index (χ3v) is 2.98. The first kappa shape index (κ1) is 13.6. The lowest BCUT2D eigenvalue weighted by Gasteiger charge is -2.25. The molecule has 0 radical (unpaired) electrons. The second-order valence-electron chi connectivity index (χ2n) is 5.82. The smallest absolute Gasteiger partial charge is 0.407 e. The number of alkyl carbamates (subject to hydrolysis) is 1. The van der Waals surface area contributed by atoms with E-state index in [1.54, 1.807) is 6.20 Å². The molecule has 1 unspecified atom stereocenters. The summed E-state index contributed by atoms with van der Waals surface area (Å²) >= 11 is 0. The number of aromatic nitrogens is 2. The van der Waals surface area contributed by atoms with Gasteiger partial charge in [-0.3, -0.25) is 5.10 Å². The van der Waals surface area contributed by atoms with Crippen LogP contribution in [0, 0.1) is 0 Å². The van der Waals surface area contributed by atoms with Crippen molar-refractivity contribution in [2.75, 3.05) is 0 Å². The number of H-pyrrole nitrogens is 1. The first-order valence-corrected chi connectivity index (χ1v) is 6.62. The van der Waals surface area contributed by atoms with Gasteiger partial charge in [-0.2, -0.15) is 5.10 Å². The van der Waals surface area contributed by atoms with Crippen LogP contribution in [0.3, 0.4) is 0 Å². The van der Waals surface area contributed by atoms with Gasteiger partial charge >= 0.3 is 6.09 Å². The minimum Gasteiger partial charge on any atom is -0.444 e. The van der Waals surface area contributed by atoms with E-state index in [1.165, 1.54) is 5.57 Å². The van der Waals surface area contributed by atoms with Crippen molar-refractivity contribution in [1.82, 2.24) is 15.5 Å². The standard InChI is InChI=1S/C14H21N3O2/c1-14(2,3)19-13(18)16-11-6-4-10(5-7-11)12-8-9-15-17-12/h4,8-9,11H,5-7H2,1-3H3,(H,15,17)(H,16,18). The Bertz CT molecular complexity index is 458. The molecule has 5 nitrogen and oxygen atoms in total. The van der Waals surface area contributed by atoms with Gasteiger partial charge in [0, 0.05) is 12.2 Å². The van der Waals surface area contributed by atoms with E-state index in [-0.39, 0.29) is 12.1 Å². The average molecular weight is 263 g/mol. The van der Waals surface area contributed by atoms with Crippen molar-refractivity contribution >= 4 is 11.7 Å². The van der Waals surface area contributed by atoms with Gasteiger partial charge in [0.05, 0.1) is 5.69 Å². The number of carbonyl (C=O) groups is 1. The Morgan fingerprint density at radius 2 is 2.32 bits per heavy atom. The maximum atomic E-state index is 11.7. The molecule has 0 saturated heterocycles. The summed E-state index contributed by atoms with van der Waals surface area (Å²) in [6.45, 7) is 5.59. The highest BCUT2D eigenvalue weighted by atomic mass is 16.6. The second-order valence-corrected chi connectivity index (χ2v) is 5.82. The van der Waals surface area contributed by atoms with E-state index in [2.05, 4.69) is 21.6 Å². The Morgan fingerprint density at radius 1 is 1.53 bits per heavy atom. The van der Waals surface area contributed by atoms with Gasteiger partial charge in [0.15, 0.2) is 0 Å². The largest absolute Gasteiger partial charge is 0.444 e. The summed E-state index contributed by atoms with van der Waals surface area (Å²) in [4.78, 5) is 11.7. The van der Waals surface area contributed by atoms with Gasteiger partial charge in [-0.05, 0) is 51.7 Å². The molecule has 1 aliphatic carbocycles. The first-order valence-electron chi connectivity index (χ1n) is 6.62. The maximum Gasteiger partial charge on any atom is 0.407 e. The van der Waals surface area contributed by atoms with Crippen molar-refractivity contribution in [1.29, 1.82) is 0 Å². The number of ether oxygens (including phenoxy) is 1. The molecule has 2 N–H and O–H groups in total. The van der Waals surface area contributed by atoms with E-state index in [9.17, 15) is 4.79 Å². The van der Waals surface area contributed by atoms with Gasteiger partial charge in [-0.1, -0.05) is 6.08 Å². The van der Waals surface area contributed by atoms with E-state index in [0.717, 1.165) is 25.0 Å². The van der Waals surface area contributed by atoms with Crippen LogP contribution in [0.15, 0.2) is 18.3 Å². The Balaban J connectivity index is 1.85. The Hall–Kier alpha value is -1.78. The van der Waals surface area contributed by atoms with E-state index >= 15 is 0 Å². The number of allylic oxidation sites excluding steroid dienone is 1. The summed E-state index contributed by atoms with van der Waals surface area (Å²) in [6, 6.07) is 2.12.